The minimum atomic E-state index is -0.469. The third-order valence-electron chi connectivity index (χ3n) is 2.17. The smallest absolute Gasteiger partial charge is 0.257 e. The van der Waals surface area contributed by atoms with E-state index < -0.39 is 11.7 Å². The molecule has 0 aliphatic rings. The number of anilines is 1. The highest BCUT2D eigenvalue weighted by Gasteiger charge is 2.09. The molecule has 0 aliphatic heterocycles. The third kappa shape index (κ3) is 3.05. The highest BCUT2D eigenvalue weighted by molar-refractivity contribution is 9.10. The number of carbonyl (C=O) groups is 1. The Morgan fingerprint density at radius 1 is 1.33 bits per heavy atom. The average molecular weight is 330 g/mol. The largest absolute Gasteiger partial charge is 0.320 e. The molecule has 0 unspecified atom stereocenters. The van der Waals surface area contributed by atoms with Gasteiger partial charge in [0.1, 0.15) is 10.4 Å². The van der Waals surface area contributed by atoms with Gasteiger partial charge in [0.25, 0.3) is 5.91 Å². The van der Waals surface area contributed by atoms with Gasteiger partial charge in [-0.15, -0.1) is 0 Å². The molecule has 0 bridgehead atoms. The molecule has 2 rings (SSSR count). The van der Waals surface area contributed by atoms with Gasteiger partial charge in [0.15, 0.2) is 0 Å². The van der Waals surface area contributed by atoms with Crippen molar-refractivity contribution in [2.24, 2.45) is 0 Å². The molecule has 0 radical (unpaired) electrons. The monoisotopic (exact) mass is 328 g/mol. The molecule has 1 aromatic carbocycles. The first-order chi connectivity index (χ1) is 8.56. The molecule has 0 spiro atoms. The summed E-state index contributed by atoms with van der Waals surface area (Å²) in [5, 5.41) is 2.79. The Labute approximate surface area is 116 Å². The standard InChI is InChI=1S/C12H7BrClFN2O/c13-11-4-1-7(6-16-11)12(18)17-10-5-8(15)2-3-9(10)14/h1-6H,(H,17,18). The summed E-state index contributed by atoms with van der Waals surface area (Å²) in [4.78, 5) is 15.8. The summed E-state index contributed by atoms with van der Waals surface area (Å²) >= 11 is 9.02. The molecule has 1 N–H and O–H groups in total. The molecule has 2 aromatic rings. The molecule has 0 fully saturated rings. The Morgan fingerprint density at radius 3 is 2.78 bits per heavy atom. The van der Waals surface area contributed by atoms with Crippen LogP contribution >= 0.6 is 27.5 Å². The molecule has 6 heteroatoms. The zero-order valence-corrected chi connectivity index (χ0v) is 11.3. The summed E-state index contributed by atoms with van der Waals surface area (Å²) in [6, 6.07) is 7.00. The third-order valence-corrected chi connectivity index (χ3v) is 2.96. The van der Waals surface area contributed by atoms with Gasteiger partial charge >= 0.3 is 0 Å². The molecule has 0 aliphatic carbocycles. The van der Waals surface area contributed by atoms with Crippen molar-refractivity contribution in [1.29, 1.82) is 0 Å². The summed E-state index contributed by atoms with van der Waals surface area (Å²) in [5.41, 5.74) is 0.586. The van der Waals surface area contributed by atoms with Gasteiger partial charge in [-0.2, -0.15) is 0 Å². The number of hydrogen-bond donors (Lipinski definition) is 1. The lowest BCUT2D eigenvalue weighted by Gasteiger charge is -2.07. The Balaban J connectivity index is 2.21. The first-order valence-electron chi connectivity index (χ1n) is 4.94. The van der Waals surface area contributed by atoms with Crippen LogP contribution in [0.2, 0.25) is 5.02 Å². The van der Waals surface area contributed by atoms with E-state index in [4.69, 9.17) is 11.6 Å². The van der Waals surface area contributed by atoms with Crippen molar-refractivity contribution >= 4 is 39.1 Å². The topological polar surface area (TPSA) is 42.0 Å². The highest BCUT2D eigenvalue weighted by atomic mass is 79.9. The summed E-state index contributed by atoms with van der Waals surface area (Å²) in [6.07, 6.45) is 1.41. The number of carbonyl (C=O) groups excluding carboxylic acids is 1. The van der Waals surface area contributed by atoms with Crippen LogP contribution in [0.1, 0.15) is 10.4 Å². The normalized spacial score (nSPS) is 10.2. The molecule has 0 saturated heterocycles. The second-order valence-electron chi connectivity index (χ2n) is 3.45. The van der Waals surface area contributed by atoms with E-state index in [1.807, 2.05) is 0 Å². The van der Waals surface area contributed by atoms with Crippen LogP contribution in [0.5, 0.6) is 0 Å². The van der Waals surface area contributed by atoms with E-state index in [2.05, 4.69) is 26.2 Å². The fourth-order valence-corrected chi connectivity index (χ4v) is 1.70. The first kappa shape index (κ1) is 13.0. The lowest BCUT2D eigenvalue weighted by atomic mass is 10.2. The van der Waals surface area contributed by atoms with Crippen molar-refractivity contribution in [3.63, 3.8) is 0 Å². The van der Waals surface area contributed by atoms with Crippen LogP contribution < -0.4 is 5.32 Å². The molecule has 1 aromatic heterocycles. The van der Waals surface area contributed by atoms with E-state index in [1.54, 1.807) is 12.1 Å². The van der Waals surface area contributed by atoms with Crippen molar-refractivity contribution in [3.8, 4) is 0 Å². The fourth-order valence-electron chi connectivity index (χ4n) is 1.30. The second kappa shape index (κ2) is 5.46. The van der Waals surface area contributed by atoms with Gasteiger partial charge in [-0.05, 0) is 46.3 Å². The van der Waals surface area contributed by atoms with Gasteiger partial charge in [0.2, 0.25) is 0 Å². The van der Waals surface area contributed by atoms with E-state index in [1.165, 1.54) is 18.3 Å². The number of halogens is 3. The first-order valence-corrected chi connectivity index (χ1v) is 6.11. The predicted octanol–water partition coefficient (Wildman–Crippen LogP) is 3.89. The number of aromatic nitrogens is 1. The number of benzene rings is 1. The van der Waals surface area contributed by atoms with Crippen LogP contribution in [-0.2, 0) is 0 Å². The number of amides is 1. The van der Waals surface area contributed by atoms with E-state index in [0.717, 1.165) is 6.07 Å². The summed E-state index contributed by atoms with van der Waals surface area (Å²) in [6.45, 7) is 0. The summed E-state index contributed by atoms with van der Waals surface area (Å²) in [5.74, 6) is -0.869. The van der Waals surface area contributed by atoms with E-state index in [9.17, 15) is 9.18 Å². The summed E-state index contributed by atoms with van der Waals surface area (Å²) in [7, 11) is 0. The highest BCUT2D eigenvalue weighted by Crippen LogP contribution is 2.23. The van der Waals surface area contributed by atoms with Gasteiger partial charge in [-0.25, -0.2) is 9.37 Å². The maximum absolute atomic E-state index is 13.0. The van der Waals surface area contributed by atoms with E-state index in [-0.39, 0.29) is 10.7 Å². The van der Waals surface area contributed by atoms with Gasteiger partial charge < -0.3 is 5.32 Å². The number of rotatable bonds is 2. The summed E-state index contributed by atoms with van der Waals surface area (Å²) < 4.78 is 13.7. The predicted molar refractivity (Wildman–Crippen MR) is 71.3 cm³/mol. The molecule has 0 saturated carbocycles. The van der Waals surface area contributed by atoms with Crippen molar-refractivity contribution < 1.29 is 9.18 Å². The zero-order chi connectivity index (χ0) is 13.1. The molecular weight excluding hydrogens is 322 g/mol. The number of hydrogen-bond acceptors (Lipinski definition) is 2. The Bertz CT molecular complexity index is 589. The minimum absolute atomic E-state index is 0.226. The molecule has 92 valence electrons. The zero-order valence-electron chi connectivity index (χ0n) is 8.95. The Morgan fingerprint density at radius 2 is 2.11 bits per heavy atom. The Kier molecular flexibility index (Phi) is 3.93. The average Bonchev–Trinajstić information content (AvgIpc) is 2.34. The van der Waals surface area contributed by atoms with Gasteiger partial charge in [0, 0.05) is 6.20 Å². The SMILES string of the molecule is O=C(Nc1cc(F)ccc1Cl)c1ccc(Br)nc1. The van der Waals surface area contributed by atoms with Crippen LogP contribution in [0.3, 0.4) is 0 Å². The molecule has 3 nitrogen and oxygen atoms in total. The van der Waals surface area contributed by atoms with Gasteiger partial charge in [-0.3, -0.25) is 4.79 Å². The van der Waals surface area contributed by atoms with Crippen LogP contribution in [-0.4, -0.2) is 10.9 Å². The van der Waals surface area contributed by atoms with Gasteiger partial charge in [0.05, 0.1) is 16.3 Å². The lowest BCUT2D eigenvalue weighted by molar-refractivity contribution is 0.102. The quantitative estimate of drug-likeness (QED) is 0.849. The molecule has 18 heavy (non-hydrogen) atoms. The lowest BCUT2D eigenvalue weighted by Crippen LogP contribution is -2.12. The second-order valence-corrected chi connectivity index (χ2v) is 4.67. The number of nitrogens with zero attached hydrogens (tertiary/aromatic N) is 1. The van der Waals surface area contributed by atoms with E-state index in [0.29, 0.717) is 10.2 Å². The minimum Gasteiger partial charge on any atom is -0.320 e. The maximum Gasteiger partial charge on any atom is 0.257 e. The van der Waals surface area contributed by atoms with E-state index >= 15 is 0 Å². The Hall–Kier alpha value is -1.46. The van der Waals surface area contributed by atoms with Crippen LogP contribution in [0.25, 0.3) is 0 Å². The van der Waals surface area contributed by atoms with Gasteiger partial charge in [-0.1, -0.05) is 11.6 Å². The number of nitrogens with one attached hydrogen (secondary N) is 1. The molecular formula is C12H7BrClFN2O. The maximum atomic E-state index is 13.0. The van der Waals surface area contributed by atoms with Crippen LogP contribution in [0.4, 0.5) is 10.1 Å². The molecule has 1 heterocycles. The van der Waals surface area contributed by atoms with Crippen molar-refractivity contribution in [1.82, 2.24) is 4.98 Å². The van der Waals surface area contributed by atoms with Crippen molar-refractivity contribution in [3.05, 3.63) is 57.5 Å². The van der Waals surface area contributed by atoms with Crippen LogP contribution in [0, 0.1) is 5.82 Å². The van der Waals surface area contributed by atoms with Crippen molar-refractivity contribution in [2.45, 2.75) is 0 Å². The molecule has 0 atom stereocenters. The van der Waals surface area contributed by atoms with Crippen molar-refractivity contribution in [2.75, 3.05) is 5.32 Å². The number of pyridine rings is 1. The molecule has 1 amide bonds. The fraction of sp³-hybridized carbons (Fsp3) is 0. The van der Waals surface area contributed by atoms with Crippen LogP contribution in [0.15, 0.2) is 41.1 Å².